The summed E-state index contributed by atoms with van der Waals surface area (Å²) in [6, 6.07) is 9.75. The minimum absolute atomic E-state index is 0.0382. The predicted octanol–water partition coefficient (Wildman–Crippen LogP) is 2.28. The van der Waals surface area contributed by atoms with E-state index >= 15 is 0 Å². The van der Waals surface area contributed by atoms with Gasteiger partial charge in [0.2, 0.25) is 0 Å². The topological polar surface area (TPSA) is 32.3 Å². The Hall–Kier alpha value is -1.12. The molecule has 2 nitrogen and oxygen atoms in total. The summed E-state index contributed by atoms with van der Waals surface area (Å²) in [5, 5.41) is 8.81. The van der Waals surface area contributed by atoms with Crippen LogP contribution in [-0.2, 0) is 0 Å². The molecule has 1 aromatic rings. The minimum Gasteiger partial charge on any atom is -0.316 e. The van der Waals surface area contributed by atoms with Crippen molar-refractivity contribution in [3.05, 3.63) is 48.6 Å². The lowest BCUT2D eigenvalue weighted by atomic mass is 10.1. The monoisotopic (exact) mass is 163 g/mol. The molecular weight excluding hydrogens is 150 g/mol. The van der Waals surface area contributed by atoms with E-state index in [1.165, 1.54) is 0 Å². The third-order valence-electron chi connectivity index (χ3n) is 1.76. The van der Waals surface area contributed by atoms with Crippen molar-refractivity contribution in [2.45, 2.75) is 12.5 Å². The second-order valence-electron chi connectivity index (χ2n) is 2.62. The summed E-state index contributed by atoms with van der Waals surface area (Å²) >= 11 is 0. The standard InChI is InChI=1S/C10H13NO/c1-2-6-10(11-12)9-7-4-3-5-8-9/h2-5,7-8,10-12H,1,6H2. The largest absolute Gasteiger partial charge is 0.316 e. The summed E-state index contributed by atoms with van der Waals surface area (Å²) < 4.78 is 0. The highest BCUT2D eigenvalue weighted by molar-refractivity contribution is 5.18. The third kappa shape index (κ3) is 2.19. The highest BCUT2D eigenvalue weighted by Gasteiger charge is 2.05. The van der Waals surface area contributed by atoms with Crippen LogP contribution in [0.1, 0.15) is 18.0 Å². The second-order valence-corrected chi connectivity index (χ2v) is 2.62. The maximum Gasteiger partial charge on any atom is 0.0603 e. The van der Waals surface area contributed by atoms with E-state index in [-0.39, 0.29) is 6.04 Å². The molecule has 0 aromatic heterocycles. The van der Waals surface area contributed by atoms with Gasteiger partial charge in [0.25, 0.3) is 0 Å². The van der Waals surface area contributed by atoms with Crippen LogP contribution in [0.4, 0.5) is 0 Å². The average Bonchev–Trinajstić information content (AvgIpc) is 2.15. The van der Waals surface area contributed by atoms with Crippen molar-refractivity contribution in [3.8, 4) is 0 Å². The fourth-order valence-corrected chi connectivity index (χ4v) is 1.12. The number of nitrogens with one attached hydrogen (secondary N) is 1. The Balaban J connectivity index is 2.72. The molecular formula is C10H13NO. The van der Waals surface area contributed by atoms with Crippen LogP contribution in [-0.4, -0.2) is 5.21 Å². The van der Waals surface area contributed by atoms with Gasteiger partial charge in [-0.3, -0.25) is 0 Å². The molecule has 0 spiro atoms. The molecule has 1 aromatic carbocycles. The molecule has 0 radical (unpaired) electrons. The molecule has 0 amide bonds. The van der Waals surface area contributed by atoms with Crippen molar-refractivity contribution in [3.63, 3.8) is 0 Å². The maximum atomic E-state index is 8.81. The molecule has 64 valence electrons. The molecule has 0 aliphatic heterocycles. The average molecular weight is 163 g/mol. The summed E-state index contributed by atoms with van der Waals surface area (Å²) in [7, 11) is 0. The van der Waals surface area contributed by atoms with E-state index in [2.05, 4.69) is 12.1 Å². The first kappa shape index (κ1) is 8.97. The number of hydroxylamine groups is 1. The van der Waals surface area contributed by atoms with E-state index < -0.39 is 0 Å². The van der Waals surface area contributed by atoms with Gasteiger partial charge in [0.15, 0.2) is 0 Å². The third-order valence-corrected chi connectivity index (χ3v) is 1.76. The highest BCUT2D eigenvalue weighted by Crippen LogP contribution is 2.15. The predicted molar refractivity (Wildman–Crippen MR) is 48.9 cm³/mol. The van der Waals surface area contributed by atoms with Gasteiger partial charge in [-0.05, 0) is 12.0 Å². The zero-order valence-electron chi connectivity index (χ0n) is 6.90. The fraction of sp³-hybridized carbons (Fsp3) is 0.200. The smallest absolute Gasteiger partial charge is 0.0603 e. The molecule has 0 heterocycles. The molecule has 0 fully saturated rings. The van der Waals surface area contributed by atoms with Crippen molar-refractivity contribution >= 4 is 0 Å². The van der Waals surface area contributed by atoms with Gasteiger partial charge in [0.1, 0.15) is 0 Å². The van der Waals surface area contributed by atoms with E-state index in [4.69, 9.17) is 5.21 Å². The van der Waals surface area contributed by atoms with E-state index in [1.54, 1.807) is 6.08 Å². The lowest BCUT2D eigenvalue weighted by molar-refractivity contribution is 0.127. The zero-order valence-corrected chi connectivity index (χ0v) is 6.90. The Bertz CT molecular complexity index is 233. The normalized spacial score (nSPS) is 12.4. The van der Waals surface area contributed by atoms with Crippen LogP contribution >= 0.6 is 0 Å². The molecule has 0 saturated heterocycles. The van der Waals surface area contributed by atoms with Crippen LogP contribution in [0.3, 0.4) is 0 Å². The van der Waals surface area contributed by atoms with Crippen LogP contribution in [0.5, 0.6) is 0 Å². The van der Waals surface area contributed by atoms with Gasteiger partial charge in [-0.15, -0.1) is 6.58 Å². The molecule has 0 saturated carbocycles. The Morgan fingerprint density at radius 2 is 2.08 bits per heavy atom. The van der Waals surface area contributed by atoms with Crippen molar-refractivity contribution in [2.75, 3.05) is 0 Å². The van der Waals surface area contributed by atoms with Crippen LogP contribution in [0.2, 0.25) is 0 Å². The van der Waals surface area contributed by atoms with Gasteiger partial charge in [-0.1, -0.05) is 36.4 Å². The first-order valence-electron chi connectivity index (χ1n) is 3.94. The van der Waals surface area contributed by atoms with Crippen molar-refractivity contribution in [1.82, 2.24) is 5.48 Å². The van der Waals surface area contributed by atoms with E-state index in [0.29, 0.717) is 0 Å². The van der Waals surface area contributed by atoms with Gasteiger partial charge < -0.3 is 5.21 Å². The van der Waals surface area contributed by atoms with E-state index in [9.17, 15) is 0 Å². The van der Waals surface area contributed by atoms with Gasteiger partial charge in [0, 0.05) is 0 Å². The van der Waals surface area contributed by atoms with Crippen LogP contribution in [0, 0.1) is 0 Å². The summed E-state index contributed by atoms with van der Waals surface area (Å²) in [6.45, 7) is 3.62. The highest BCUT2D eigenvalue weighted by atomic mass is 16.5. The van der Waals surface area contributed by atoms with Crippen molar-refractivity contribution in [1.29, 1.82) is 0 Å². The maximum absolute atomic E-state index is 8.81. The molecule has 1 unspecified atom stereocenters. The Morgan fingerprint density at radius 1 is 1.42 bits per heavy atom. The summed E-state index contributed by atoms with van der Waals surface area (Å²) in [6.07, 6.45) is 2.50. The van der Waals surface area contributed by atoms with Crippen LogP contribution in [0.25, 0.3) is 0 Å². The number of hydrogen-bond donors (Lipinski definition) is 2. The van der Waals surface area contributed by atoms with E-state index in [0.717, 1.165) is 12.0 Å². The van der Waals surface area contributed by atoms with Gasteiger partial charge in [0.05, 0.1) is 6.04 Å². The number of rotatable bonds is 4. The minimum atomic E-state index is -0.0382. The Labute approximate surface area is 72.5 Å². The van der Waals surface area contributed by atoms with Gasteiger partial charge in [-0.2, -0.15) is 5.48 Å². The zero-order chi connectivity index (χ0) is 8.81. The first-order valence-corrected chi connectivity index (χ1v) is 3.94. The van der Waals surface area contributed by atoms with Crippen molar-refractivity contribution < 1.29 is 5.21 Å². The lowest BCUT2D eigenvalue weighted by Crippen LogP contribution is -2.15. The molecule has 2 heteroatoms. The SMILES string of the molecule is C=CCC(NO)c1ccccc1. The molecule has 2 N–H and O–H groups in total. The molecule has 0 bridgehead atoms. The molecule has 1 rings (SSSR count). The van der Waals surface area contributed by atoms with Crippen molar-refractivity contribution in [2.24, 2.45) is 0 Å². The fourth-order valence-electron chi connectivity index (χ4n) is 1.12. The first-order chi connectivity index (χ1) is 5.88. The second kappa shape index (κ2) is 4.70. The lowest BCUT2D eigenvalue weighted by Gasteiger charge is -2.12. The summed E-state index contributed by atoms with van der Waals surface area (Å²) in [5.41, 5.74) is 3.32. The summed E-state index contributed by atoms with van der Waals surface area (Å²) in [4.78, 5) is 0. The Kier molecular flexibility index (Phi) is 3.51. The van der Waals surface area contributed by atoms with Crippen LogP contribution < -0.4 is 5.48 Å². The molecule has 1 atom stereocenters. The number of benzene rings is 1. The molecule has 0 aliphatic carbocycles. The van der Waals surface area contributed by atoms with Gasteiger partial charge >= 0.3 is 0 Å². The molecule has 0 aliphatic rings. The van der Waals surface area contributed by atoms with Crippen LogP contribution in [0.15, 0.2) is 43.0 Å². The molecule has 12 heavy (non-hydrogen) atoms. The Morgan fingerprint density at radius 3 is 2.58 bits per heavy atom. The summed E-state index contributed by atoms with van der Waals surface area (Å²) in [5.74, 6) is 0. The number of hydrogen-bond acceptors (Lipinski definition) is 2. The van der Waals surface area contributed by atoms with Gasteiger partial charge in [-0.25, -0.2) is 0 Å². The van der Waals surface area contributed by atoms with E-state index in [1.807, 2.05) is 30.3 Å². The quantitative estimate of drug-likeness (QED) is 0.527.